The Hall–Kier alpha value is -0.930. The quantitative estimate of drug-likeness (QED) is 0.519. The normalized spacial score (nSPS) is 9.38. The van der Waals surface area contributed by atoms with Crippen LogP contribution in [0.1, 0.15) is 13.8 Å². The van der Waals surface area contributed by atoms with Gasteiger partial charge in [-0.1, -0.05) is 0 Å². The van der Waals surface area contributed by atoms with Crippen molar-refractivity contribution in [3.63, 3.8) is 0 Å². The van der Waals surface area contributed by atoms with E-state index in [4.69, 9.17) is 5.11 Å². The second-order valence-electron chi connectivity index (χ2n) is 1.70. The Bertz CT molecular complexity index is 118. The van der Waals surface area contributed by atoms with Crippen molar-refractivity contribution >= 4 is 6.09 Å². The van der Waals surface area contributed by atoms with E-state index in [-0.39, 0.29) is 4.76 Å². The summed E-state index contributed by atoms with van der Waals surface area (Å²) in [6.45, 7) is 3.03. The number of nitrogens with zero attached hydrogens (tertiary/aromatic N) is 1. The summed E-state index contributed by atoms with van der Waals surface area (Å²) in [5.74, 6) is 0. The van der Waals surface area contributed by atoms with E-state index in [0.29, 0.717) is 0 Å². The van der Waals surface area contributed by atoms with Gasteiger partial charge in [-0.2, -0.15) is 4.79 Å². The molecule has 0 saturated carbocycles. The minimum Gasteiger partial charge on any atom is -0.424 e. The first-order valence-corrected chi connectivity index (χ1v) is 2.25. The molecule has 8 heavy (non-hydrogen) atoms. The molecule has 0 aromatic carbocycles. The molecule has 0 aliphatic rings. The lowest BCUT2D eigenvalue weighted by molar-refractivity contribution is -0.497. The lowest BCUT2D eigenvalue weighted by Crippen LogP contribution is -2.22. The molecule has 4 nitrogen and oxygen atoms in total. The zero-order valence-corrected chi connectivity index (χ0v) is 4.79. The van der Waals surface area contributed by atoms with Gasteiger partial charge >= 0.3 is 6.09 Å². The maximum atomic E-state index is 10.2. The zero-order chi connectivity index (χ0) is 6.73. The summed E-state index contributed by atoms with van der Waals surface area (Å²) < 4.78 is 0. The van der Waals surface area contributed by atoms with Crippen LogP contribution in [-0.4, -0.2) is 22.0 Å². The predicted octanol–water partition coefficient (Wildman–Crippen LogP) is 0.852. The highest BCUT2D eigenvalue weighted by Gasteiger charge is 2.23. The van der Waals surface area contributed by atoms with Crippen molar-refractivity contribution in [1.29, 1.82) is 0 Å². The first-order chi connectivity index (χ1) is 3.55. The molecule has 0 atom stereocenters. The molecular weight excluding hydrogens is 110 g/mol. The average molecular weight is 118 g/mol. The van der Waals surface area contributed by atoms with Gasteiger partial charge in [0.05, 0.1) is 0 Å². The highest BCUT2D eigenvalue weighted by atomic mass is 16.4. The fraction of sp³-hybridized carbons (Fsp3) is 0.750. The Balaban J connectivity index is 3.84. The van der Waals surface area contributed by atoms with Crippen molar-refractivity contribution in [2.75, 3.05) is 0 Å². The van der Waals surface area contributed by atoms with Gasteiger partial charge in [0, 0.05) is 18.8 Å². The number of hydrogen-bond acceptors (Lipinski definition) is 2. The van der Waals surface area contributed by atoms with Crippen LogP contribution in [0.3, 0.4) is 0 Å². The van der Waals surface area contributed by atoms with E-state index >= 15 is 0 Å². The number of carboxylic acid groups (broad SMARTS) is 1. The van der Waals surface area contributed by atoms with Gasteiger partial charge in [0.15, 0.2) is 0 Å². The summed E-state index contributed by atoms with van der Waals surface area (Å²) in [5, 5.41) is 7.97. The van der Waals surface area contributed by atoms with Crippen LogP contribution >= 0.6 is 0 Å². The molecule has 46 valence electrons. The highest BCUT2D eigenvalue weighted by molar-refractivity contribution is 5.54. The number of rotatable bonds is 1. The second-order valence-corrected chi connectivity index (χ2v) is 1.70. The molecule has 0 heterocycles. The molecule has 0 aromatic rings. The first-order valence-electron chi connectivity index (χ1n) is 2.25. The van der Waals surface area contributed by atoms with Crippen LogP contribution in [-0.2, 0) is 0 Å². The van der Waals surface area contributed by atoms with Gasteiger partial charge in [-0.05, 0) is 0 Å². The maximum absolute atomic E-state index is 10.2. The Morgan fingerprint density at radius 2 is 2.00 bits per heavy atom. The van der Waals surface area contributed by atoms with Crippen molar-refractivity contribution in [2.45, 2.75) is 19.9 Å². The standard InChI is InChI=1S/C4H7NO3/c1-3(2)5(8)4(6)7/h3H,1-2H3/p+1. The molecule has 0 bridgehead atoms. The zero-order valence-electron chi connectivity index (χ0n) is 4.79. The first kappa shape index (κ1) is 7.07. The molecule has 0 spiro atoms. The van der Waals surface area contributed by atoms with Crippen LogP contribution in [0.2, 0.25) is 0 Å². The van der Waals surface area contributed by atoms with E-state index in [9.17, 15) is 9.70 Å². The number of carbonyl (C=O) groups is 1. The molecule has 4 heteroatoms. The van der Waals surface area contributed by atoms with E-state index in [1.54, 1.807) is 0 Å². The van der Waals surface area contributed by atoms with Gasteiger partial charge in [-0.3, -0.25) is 0 Å². The molecular formula is C4H8NO3+. The molecule has 0 aliphatic heterocycles. The Labute approximate surface area is 46.7 Å². The Morgan fingerprint density at radius 1 is 1.62 bits per heavy atom. The monoisotopic (exact) mass is 118 g/mol. The third kappa shape index (κ3) is 1.68. The van der Waals surface area contributed by atoms with Crippen LogP contribution in [0.4, 0.5) is 4.79 Å². The Morgan fingerprint density at radius 3 is 2.00 bits per heavy atom. The van der Waals surface area contributed by atoms with E-state index in [1.165, 1.54) is 13.8 Å². The molecule has 0 unspecified atom stereocenters. The molecule has 0 aliphatic carbocycles. The van der Waals surface area contributed by atoms with Crippen molar-refractivity contribution < 1.29 is 14.7 Å². The van der Waals surface area contributed by atoms with E-state index in [1.807, 2.05) is 0 Å². The largest absolute Gasteiger partial charge is 0.642 e. The molecule has 1 N–H and O–H groups in total. The predicted molar refractivity (Wildman–Crippen MR) is 26.8 cm³/mol. The third-order valence-corrected chi connectivity index (χ3v) is 0.658. The minimum atomic E-state index is -1.43. The van der Waals surface area contributed by atoms with E-state index in [2.05, 4.69) is 0 Å². The highest BCUT2D eigenvalue weighted by Crippen LogP contribution is 1.85. The van der Waals surface area contributed by atoms with Crippen LogP contribution in [0.25, 0.3) is 0 Å². The fourth-order valence-electron chi connectivity index (χ4n) is 0.221. The van der Waals surface area contributed by atoms with Crippen LogP contribution in [0, 0.1) is 4.91 Å². The summed E-state index contributed by atoms with van der Waals surface area (Å²) in [5.41, 5.74) is 0. The van der Waals surface area contributed by atoms with E-state index < -0.39 is 12.1 Å². The lowest BCUT2D eigenvalue weighted by Gasteiger charge is -1.85. The molecule has 0 saturated heterocycles. The van der Waals surface area contributed by atoms with Crippen molar-refractivity contribution in [2.24, 2.45) is 0 Å². The van der Waals surface area contributed by atoms with Crippen LogP contribution in [0.5, 0.6) is 0 Å². The number of hydrogen-bond donors (Lipinski definition) is 1. The van der Waals surface area contributed by atoms with Gasteiger partial charge < -0.3 is 5.11 Å². The third-order valence-electron chi connectivity index (χ3n) is 0.658. The van der Waals surface area contributed by atoms with Crippen molar-refractivity contribution in [3.05, 3.63) is 4.91 Å². The summed E-state index contributed by atoms with van der Waals surface area (Å²) >= 11 is 0. The minimum absolute atomic E-state index is 0. The van der Waals surface area contributed by atoms with Gasteiger partial charge in [0.2, 0.25) is 6.04 Å². The maximum Gasteiger partial charge on any atom is 0.642 e. The summed E-state index contributed by atoms with van der Waals surface area (Å²) in [4.78, 5) is 19.9. The fourth-order valence-corrected chi connectivity index (χ4v) is 0.221. The molecule has 0 aromatic heterocycles. The molecule has 0 rings (SSSR count). The van der Waals surface area contributed by atoms with Crippen molar-refractivity contribution in [3.8, 4) is 0 Å². The van der Waals surface area contributed by atoms with E-state index in [0.717, 1.165) is 0 Å². The summed E-state index contributed by atoms with van der Waals surface area (Å²) in [6.07, 6.45) is -1.43. The molecule has 0 fully saturated rings. The summed E-state index contributed by atoms with van der Waals surface area (Å²) in [7, 11) is 0. The van der Waals surface area contributed by atoms with Crippen LogP contribution < -0.4 is 0 Å². The van der Waals surface area contributed by atoms with Crippen molar-refractivity contribution in [1.82, 2.24) is 0 Å². The van der Waals surface area contributed by atoms with Gasteiger partial charge in [-0.25, -0.2) is 0 Å². The molecule has 0 radical (unpaired) electrons. The lowest BCUT2D eigenvalue weighted by atomic mass is 10.4. The summed E-state index contributed by atoms with van der Waals surface area (Å²) in [6, 6.07) is -0.479. The van der Waals surface area contributed by atoms with Gasteiger partial charge in [0.25, 0.3) is 0 Å². The van der Waals surface area contributed by atoms with Gasteiger partial charge in [-0.15, -0.1) is 0 Å². The average Bonchev–Trinajstić information content (AvgIpc) is 1.64. The number of nitroso groups, excluding NO2 is 1. The van der Waals surface area contributed by atoms with Crippen LogP contribution in [0.15, 0.2) is 0 Å². The van der Waals surface area contributed by atoms with Gasteiger partial charge in [0.1, 0.15) is 4.76 Å². The SMILES string of the molecule is CC(C)[N+](=O)C(=O)O. The topological polar surface area (TPSA) is 57.4 Å². The number of amides is 1. The second kappa shape index (κ2) is 2.40. The Kier molecular flexibility index (Phi) is 2.12. The smallest absolute Gasteiger partial charge is 0.424 e. The molecule has 1 amide bonds.